The second-order valence-electron chi connectivity index (χ2n) is 6.03. The van der Waals surface area contributed by atoms with Crippen molar-refractivity contribution in [1.29, 1.82) is 0 Å². The Morgan fingerprint density at radius 1 is 1.09 bits per heavy atom. The Kier molecular flexibility index (Phi) is 4.94. The van der Waals surface area contributed by atoms with E-state index >= 15 is 0 Å². The number of hydrogen-bond acceptors (Lipinski definition) is 3. The van der Waals surface area contributed by atoms with E-state index in [9.17, 15) is 4.39 Å². The zero-order valence-electron chi connectivity index (χ0n) is 13.5. The van der Waals surface area contributed by atoms with Crippen molar-refractivity contribution in [3.05, 3.63) is 65.5 Å². The molecule has 0 radical (unpaired) electrons. The van der Waals surface area contributed by atoms with E-state index in [1.807, 2.05) is 24.3 Å². The number of halogens is 1. The quantitative estimate of drug-likeness (QED) is 0.843. The lowest BCUT2D eigenvalue weighted by Gasteiger charge is -2.28. The first-order chi connectivity index (χ1) is 11.2. The molecule has 2 aromatic rings. The van der Waals surface area contributed by atoms with Gasteiger partial charge in [0.1, 0.15) is 11.6 Å². The van der Waals surface area contributed by atoms with Crippen molar-refractivity contribution in [1.82, 2.24) is 4.90 Å². The third kappa shape index (κ3) is 3.71. The highest BCUT2D eigenvalue weighted by Gasteiger charge is 2.32. The fourth-order valence-corrected chi connectivity index (χ4v) is 3.14. The average Bonchev–Trinajstić information content (AvgIpc) is 3.06. The lowest BCUT2D eigenvalue weighted by atomic mass is 9.93. The van der Waals surface area contributed by atoms with Crippen molar-refractivity contribution < 1.29 is 13.9 Å². The minimum atomic E-state index is -0.198. The molecule has 3 nitrogen and oxygen atoms in total. The Labute approximate surface area is 136 Å². The van der Waals surface area contributed by atoms with E-state index in [1.165, 1.54) is 17.7 Å². The molecule has 1 aliphatic rings. The molecular weight excluding hydrogens is 293 g/mol. The third-order valence-electron chi connectivity index (χ3n) is 4.51. The van der Waals surface area contributed by atoms with Gasteiger partial charge in [0, 0.05) is 18.5 Å². The summed E-state index contributed by atoms with van der Waals surface area (Å²) in [6.07, 6.45) is 0. The topological polar surface area (TPSA) is 21.7 Å². The van der Waals surface area contributed by atoms with Crippen molar-refractivity contribution in [2.75, 3.05) is 27.4 Å². The number of benzene rings is 2. The van der Waals surface area contributed by atoms with Crippen LogP contribution in [0.2, 0.25) is 0 Å². The predicted octanol–water partition coefficient (Wildman–Crippen LogP) is 3.45. The van der Waals surface area contributed by atoms with Gasteiger partial charge in [-0.1, -0.05) is 24.3 Å². The number of likely N-dealkylation sites (N-methyl/N-ethyl adjacent to an activating group) is 1. The van der Waals surface area contributed by atoms with Crippen LogP contribution in [-0.4, -0.2) is 38.3 Å². The number of methoxy groups -OCH3 is 1. The molecule has 1 aliphatic heterocycles. The Morgan fingerprint density at radius 2 is 1.78 bits per heavy atom. The van der Waals surface area contributed by atoms with Gasteiger partial charge in [-0.15, -0.1) is 0 Å². The van der Waals surface area contributed by atoms with Crippen LogP contribution in [0.1, 0.15) is 17.0 Å². The standard InChI is InChI=1S/C19H22FNO2/c1-21(11-14-3-9-17(22-2)10-4-14)19-13-23-12-18(19)15-5-7-16(20)8-6-15/h3-10,18-19H,11-13H2,1-2H3/t18-,19+/m0/s1. The van der Waals surface area contributed by atoms with Gasteiger partial charge in [0.05, 0.1) is 20.3 Å². The van der Waals surface area contributed by atoms with Crippen molar-refractivity contribution in [2.24, 2.45) is 0 Å². The first kappa shape index (κ1) is 16.0. The minimum absolute atomic E-state index is 0.198. The van der Waals surface area contributed by atoms with Gasteiger partial charge in [0.15, 0.2) is 0 Å². The molecular formula is C19H22FNO2. The SMILES string of the molecule is COc1ccc(CN(C)[C@@H]2COC[C@H]2c2ccc(F)cc2)cc1. The van der Waals surface area contributed by atoms with Crippen LogP contribution in [0.3, 0.4) is 0 Å². The van der Waals surface area contributed by atoms with E-state index in [4.69, 9.17) is 9.47 Å². The molecule has 3 rings (SSSR count). The normalized spacial score (nSPS) is 20.9. The molecule has 0 unspecified atom stereocenters. The molecule has 0 aromatic heterocycles. The molecule has 23 heavy (non-hydrogen) atoms. The Hall–Kier alpha value is -1.91. The van der Waals surface area contributed by atoms with Gasteiger partial charge in [-0.3, -0.25) is 4.90 Å². The van der Waals surface area contributed by atoms with E-state index in [1.54, 1.807) is 7.11 Å². The van der Waals surface area contributed by atoms with Gasteiger partial charge in [0.2, 0.25) is 0 Å². The summed E-state index contributed by atoms with van der Waals surface area (Å²) in [5.74, 6) is 0.944. The Morgan fingerprint density at radius 3 is 2.43 bits per heavy atom. The van der Waals surface area contributed by atoms with Crippen LogP contribution >= 0.6 is 0 Å². The van der Waals surface area contributed by atoms with Crippen LogP contribution < -0.4 is 4.74 Å². The summed E-state index contributed by atoms with van der Waals surface area (Å²) in [6.45, 7) is 2.23. The molecule has 0 amide bonds. The zero-order valence-corrected chi connectivity index (χ0v) is 13.5. The summed E-state index contributed by atoms with van der Waals surface area (Å²) < 4.78 is 24.0. The molecule has 0 spiro atoms. The summed E-state index contributed by atoms with van der Waals surface area (Å²) in [5.41, 5.74) is 2.37. The molecule has 1 saturated heterocycles. The van der Waals surface area contributed by atoms with Gasteiger partial charge in [0.25, 0.3) is 0 Å². The molecule has 0 N–H and O–H groups in total. The second kappa shape index (κ2) is 7.11. The number of ether oxygens (including phenoxy) is 2. The maximum atomic E-state index is 13.1. The first-order valence-electron chi connectivity index (χ1n) is 7.84. The second-order valence-corrected chi connectivity index (χ2v) is 6.03. The highest BCUT2D eigenvalue weighted by molar-refractivity contribution is 5.28. The molecule has 1 heterocycles. The van der Waals surface area contributed by atoms with Gasteiger partial charge in [-0.05, 0) is 42.4 Å². The number of nitrogens with zero attached hydrogens (tertiary/aromatic N) is 1. The van der Waals surface area contributed by atoms with Crippen molar-refractivity contribution in [3.8, 4) is 5.75 Å². The van der Waals surface area contributed by atoms with Crippen LogP contribution in [0.25, 0.3) is 0 Å². The molecule has 122 valence electrons. The predicted molar refractivity (Wildman–Crippen MR) is 88.2 cm³/mol. The van der Waals surface area contributed by atoms with E-state index < -0.39 is 0 Å². The smallest absolute Gasteiger partial charge is 0.123 e. The largest absolute Gasteiger partial charge is 0.497 e. The molecule has 0 saturated carbocycles. The Balaban J connectivity index is 1.69. The summed E-state index contributed by atoms with van der Waals surface area (Å²) in [6, 6.07) is 15.2. The summed E-state index contributed by atoms with van der Waals surface area (Å²) >= 11 is 0. The maximum Gasteiger partial charge on any atom is 0.123 e. The van der Waals surface area contributed by atoms with Gasteiger partial charge in [-0.25, -0.2) is 4.39 Å². The number of hydrogen-bond donors (Lipinski definition) is 0. The highest BCUT2D eigenvalue weighted by Crippen LogP contribution is 2.30. The van der Waals surface area contributed by atoms with Crippen molar-refractivity contribution >= 4 is 0 Å². The van der Waals surface area contributed by atoms with Crippen LogP contribution in [0.5, 0.6) is 5.75 Å². The number of rotatable bonds is 5. The third-order valence-corrected chi connectivity index (χ3v) is 4.51. The van der Waals surface area contributed by atoms with Crippen molar-refractivity contribution in [3.63, 3.8) is 0 Å². The summed E-state index contributed by atoms with van der Waals surface area (Å²) in [4.78, 5) is 2.31. The van der Waals surface area contributed by atoms with Gasteiger partial charge < -0.3 is 9.47 Å². The van der Waals surface area contributed by atoms with Crippen LogP contribution in [0.4, 0.5) is 4.39 Å². The summed E-state index contributed by atoms with van der Waals surface area (Å²) in [7, 11) is 3.78. The molecule has 0 bridgehead atoms. The lowest BCUT2D eigenvalue weighted by molar-refractivity contribution is 0.156. The van der Waals surface area contributed by atoms with Crippen LogP contribution in [-0.2, 0) is 11.3 Å². The highest BCUT2D eigenvalue weighted by atomic mass is 19.1. The van der Waals surface area contributed by atoms with Gasteiger partial charge in [-0.2, -0.15) is 0 Å². The van der Waals surface area contributed by atoms with Gasteiger partial charge >= 0.3 is 0 Å². The molecule has 1 fully saturated rings. The Bertz CT molecular complexity index is 627. The van der Waals surface area contributed by atoms with Crippen LogP contribution in [0, 0.1) is 5.82 Å². The van der Waals surface area contributed by atoms with E-state index in [0.717, 1.165) is 17.9 Å². The fourth-order valence-electron chi connectivity index (χ4n) is 3.14. The average molecular weight is 315 g/mol. The zero-order chi connectivity index (χ0) is 16.2. The molecule has 2 aromatic carbocycles. The first-order valence-corrected chi connectivity index (χ1v) is 7.84. The maximum absolute atomic E-state index is 13.1. The van der Waals surface area contributed by atoms with E-state index in [0.29, 0.717) is 19.3 Å². The van der Waals surface area contributed by atoms with E-state index in [2.05, 4.69) is 24.1 Å². The molecule has 0 aliphatic carbocycles. The van der Waals surface area contributed by atoms with Crippen molar-refractivity contribution in [2.45, 2.75) is 18.5 Å². The lowest BCUT2D eigenvalue weighted by Crippen LogP contribution is -2.36. The van der Waals surface area contributed by atoms with E-state index in [-0.39, 0.29) is 11.7 Å². The summed E-state index contributed by atoms with van der Waals surface area (Å²) in [5, 5.41) is 0. The monoisotopic (exact) mass is 315 g/mol. The fraction of sp³-hybridized carbons (Fsp3) is 0.368. The van der Waals surface area contributed by atoms with Crippen LogP contribution in [0.15, 0.2) is 48.5 Å². The molecule has 2 atom stereocenters. The minimum Gasteiger partial charge on any atom is -0.497 e. The molecule has 4 heteroatoms.